The lowest BCUT2D eigenvalue weighted by molar-refractivity contribution is -0.127. The number of fused-ring (bicyclic) bond motifs is 1. The molecule has 0 radical (unpaired) electrons. The fourth-order valence-electron chi connectivity index (χ4n) is 1.78. The Morgan fingerprint density at radius 3 is 3.00 bits per heavy atom. The summed E-state index contributed by atoms with van der Waals surface area (Å²) in [5, 5.41) is 2.67. The number of carbonyl (C=O) groups excluding carboxylic acids is 1. The molecule has 4 nitrogen and oxygen atoms in total. The van der Waals surface area contributed by atoms with Gasteiger partial charge in [0.25, 0.3) is 0 Å². The zero-order valence-corrected chi connectivity index (χ0v) is 10.4. The number of carbonyl (C=O) groups is 1. The first-order valence-electron chi connectivity index (χ1n) is 5.62. The molecule has 0 aliphatic carbocycles. The third kappa shape index (κ3) is 2.22. The molecule has 0 fully saturated rings. The van der Waals surface area contributed by atoms with Crippen LogP contribution in [0.1, 0.15) is 5.01 Å². The molecule has 1 aromatic carbocycles. The molecule has 0 N–H and O–H groups in total. The topological polar surface area (TPSA) is 48.4 Å². The number of rotatable bonds is 3. The van der Waals surface area contributed by atoms with Gasteiger partial charge >= 0.3 is 0 Å². The van der Waals surface area contributed by atoms with E-state index in [1.54, 1.807) is 12.3 Å². The highest BCUT2D eigenvalue weighted by atomic mass is 32.1. The van der Waals surface area contributed by atoms with Crippen molar-refractivity contribution in [3.05, 3.63) is 40.8 Å². The van der Waals surface area contributed by atoms with E-state index in [1.807, 2.05) is 23.6 Å². The van der Waals surface area contributed by atoms with Crippen LogP contribution in [0, 0.1) is 0 Å². The van der Waals surface area contributed by atoms with Crippen LogP contribution >= 0.6 is 11.3 Å². The molecule has 1 atom stereocenters. The minimum absolute atomic E-state index is 0.000506. The molecular weight excluding hydrogens is 250 g/mol. The summed E-state index contributed by atoms with van der Waals surface area (Å²) in [5.74, 6) is 1.32. The summed E-state index contributed by atoms with van der Waals surface area (Å²) in [5.41, 5.74) is 0. The van der Waals surface area contributed by atoms with Crippen LogP contribution in [0.15, 0.2) is 35.8 Å². The molecule has 5 heteroatoms. The van der Waals surface area contributed by atoms with Crippen molar-refractivity contribution in [1.82, 2.24) is 4.98 Å². The molecule has 1 unspecified atom stereocenters. The number of benzene rings is 1. The van der Waals surface area contributed by atoms with Crippen molar-refractivity contribution < 1.29 is 14.3 Å². The fourth-order valence-corrected chi connectivity index (χ4v) is 2.41. The summed E-state index contributed by atoms with van der Waals surface area (Å²) in [6.07, 6.45) is 1.46. The lowest BCUT2D eigenvalue weighted by Gasteiger charge is -2.25. The van der Waals surface area contributed by atoms with Crippen LogP contribution in [0.4, 0.5) is 0 Å². The summed E-state index contributed by atoms with van der Waals surface area (Å²) in [6.45, 7) is 0.265. The molecule has 3 rings (SSSR count). The van der Waals surface area contributed by atoms with Crippen LogP contribution in [0.5, 0.6) is 11.5 Å². The number of Topliss-reactive ketones (excluding diaryl/α,β-unsaturated/α-hetero) is 1. The maximum Gasteiger partial charge on any atom is 0.191 e. The lowest BCUT2D eigenvalue weighted by atomic mass is 10.1. The number of para-hydroxylation sites is 2. The van der Waals surface area contributed by atoms with Gasteiger partial charge in [0.2, 0.25) is 0 Å². The average molecular weight is 261 g/mol. The first-order valence-corrected chi connectivity index (χ1v) is 6.50. The number of nitrogens with zero attached hydrogens (tertiary/aromatic N) is 1. The first kappa shape index (κ1) is 11.2. The van der Waals surface area contributed by atoms with E-state index in [1.165, 1.54) is 11.3 Å². The number of ketones is 1. The SMILES string of the molecule is O=C(Cc1nccs1)C1COc2ccccc2O1. The third-order valence-electron chi connectivity index (χ3n) is 2.68. The van der Waals surface area contributed by atoms with Crippen molar-refractivity contribution in [3.63, 3.8) is 0 Å². The van der Waals surface area contributed by atoms with E-state index in [4.69, 9.17) is 9.47 Å². The normalized spacial score (nSPS) is 17.4. The summed E-state index contributed by atoms with van der Waals surface area (Å²) in [4.78, 5) is 16.1. The van der Waals surface area contributed by atoms with Crippen LogP contribution in [-0.2, 0) is 11.2 Å². The van der Waals surface area contributed by atoms with Crippen molar-refractivity contribution >= 4 is 17.1 Å². The zero-order valence-electron chi connectivity index (χ0n) is 9.54. The third-order valence-corrected chi connectivity index (χ3v) is 3.46. The Morgan fingerprint density at radius 2 is 2.22 bits per heavy atom. The highest BCUT2D eigenvalue weighted by Gasteiger charge is 2.27. The second-order valence-corrected chi connectivity index (χ2v) is 4.91. The molecule has 2 aromatic rings. The standard InChI is InChI=1S/C13H11NO3S/c15-9(7-13-14-5-6-18-13)12-8-16-10-3-1-2-4-11(10)17-12/h1-6,12H,7-8H2. The van der Waals surface area contributed by atoms with E-state index in [9.17, 15) is 4.79 Å². The Labute approximate surface area is 108 Å². The van der Waals surface area contributed by atoms with Crippen LogP contribution in [0.3, 0.4) is 0 Å². The highest BCUT2D eigenvalue weighted by molar-refractivity contribution is 7.09. The van der Waals surface area contributed by atoms with Gasteiger partial charge in [-0.05, 0) is 12.1 Å². The highest BCUT2D eigenvalue weighted by Crippen LogP contribution is 2.31. The summed E-state index contributed by atoms with van der Waals surface area (Å²) >= 11 is 1.47. The van der Waals surface area contributed by atoms with E-state index in [0.29, 0.717) is 17.9 Å². The first-order chi connectivity index (χ1) is 8.83. The predicted octanol–water partition coefficient (Wildman–Crippen LogP) is 2.09. The van der Waals surface area contributed by atoms with Gasteiger partial charge in [-0.15, -0.1) is 11.3 Å². The van der Waals surface area contributed by atoms with E-state index >= 15 is 0 Å². The number of ether oxygens (including phenoxy) is 2. The lowest BCUT2D eigenvalue weighted by Crippen LogP contribution is -2.37. The number of hydrogen-bond acceptors (Lipinski definition) is 5. The molecule has 1 aromatic heterocycles. The summed E-state index contributed by atoms with van der Waals surface area (Å²) in [7, 11) is 0. The molecule has 92 valence electrons. The van der Waals surface area contributed by atoms with Gasteiger partial charge in [-0.25, -0.2) is 4.98 Å². The molecule has 1 aliphatic rings. The summed E-state index contributed by atoms with van der Waals surface area (Å²) < 4.78 is 11.2. The molecule has 2 heterocycles. The van der Waals surface area contributed by atoms with E-state index in [-0.39, 0.29) is 12.4 Å². The Hall–Kier alpha value is -1.88. The van der Waals surface area contributed by atoms with Gasteiger partial charge in [0.05, 0.1) is 11.4 Å². The van der Waals surface area contributed by atoms with Gasteiger partial charge in [-0.2, -0.15) is 0 Å². The maximum absolute atomic E-state index is 12.0. The number of aromatic nitrogens is 1. The van der Waals surface area contributed by atoms with Crippen LogP contribution in [0.25, 0.3) is 0 Å². The zero-order chi connectivity index (χ0) is 12.4. The molecule has 0 saturated carbocycles. The quantitative estimate of drug-likeness (QED) is 0.849. The van der Waals surface area contributed by atoms with Crippen molar-refractivity contribution in [1.29, 1.82) is 0 Å². The molecule has 0 saturated heterocycles. The van der Waals surface area contributed by atoms with Crippen molar-refractivity contribution in [2.75, 3.05) is 6.61 Å². The van der Waals surface area contributed by atoms with Gasteiger partial charge in [0.1, 0.15) is 6.61 Å². The second-order valence-electron chi connectivity index (χ2n) is 3.93. The van der Waals surface area contributed by atoms with Crippen molar-refractivity contribution in [2.45, 2.75) is 12.5 Å². The Bertz CT molecular complexity index is 553. The molecule has 18 heavy (non-hydrogen) atoms. The summed E-state index contributed by atoms with van der Waals surface area (Å²) in [6, 6.07) is 7.37. The van der Waals surface area contributed by atoms with Crippen molar-refractivity contribution in [3.8, 4) is 11.5 Å². The average Bonchev–Trinajstić information content (AvgIpc) is 2.91. The monoisotopic (exact) mass is 261 g/mol. The number of thiazole rings is 1. The van der Waals surface area contributed by atoms with Gasteiger partial charge < -0.3 is 9.47 Å². The predicted molar refractivity (Wildman–Crippen MR) is 67.2 cm³/mol. The van der Waals surface area contributed by atoms with Gasteiger partial charge in [-0.3, -0.25) is 4.79 Å². The van der Waals surface area contributed by atoms with Gasteiger partial charge in [0.15, 0.2) is 23.4 Å². The molecule has 0 amide bonds. The van der Waals surface area contributed by atoms with Crippen LogP contribution in [-0.4, -0.2) is 23.5 Å². The minimum Gasteiger partial charge on any atom is -0.485 e. The molecular formula is C13H11NO3S. The van der Waals surface area contributed by atoms with Crippen LogP contribution in [0.2, 0.25) is 0 Å². The van der Waals surface area contributed by atoms with Crippen molar-refractivity contribution in [2.24, 2.45) is 0 Å². The minimum atomic E-state index is -0.538. The molecule has 1 aliphatic heterocycles. The van der Waals surface area contributed by atoms with E-state index in [0.717, 1.165) is 5.01 Å². The van der Waals surface area contributed by atoms with E-state index < -0.39 is 6.10 Å². The molecule has 0 spiro atoms. The maximum atomic E-state index is 12.0. The Balaban J connectivity index is 1.70. The smallest absolute Gasteiger partial charge is 0.191 e. The van der Waals surface area contributed by atoms with E-state index in [2.05, 4.69) is 4.98 Å². The fraction of sp³-hybridized carbons (Fsp3) is 0.231. The largest absolute Gasteiger partial charge is 0.485 e. The number of hydrogen-bond donors (Lipinski definition) is 0. The van der Waals surface area contributed by atoms with Gasteiger partial charge in [-0.1, -0.05) is 12.1 Å². The van der Waals surface area contributed by atoms with Crippen LogP contribution < -0.4 is 9.47 Å². The Kier molecular flexibility index (Phi) is 2.98. The second kappa shape index (κ2) is 4.78. The Morgan fingerprint density at radius 1 is 1.39 bits per heavy atom. The molecule has 0 bridgehead atoms. The van der Waals surface area contributed by atoms with Gasteiger partial charge in [0, 0.05) is 11.6 Å².